The van der Waals surface area contributed by atoms with Gasteiger partial charge in [-0.2, -0.15) is 0 Å². The van der Waals surface area contributed by atoms with Crippen LogP contribution in [0.15, 0.2) is 53.5 Å². The van der Waals surface area contributed by atoms with Crippen LogP contribution in [0.25, 0.3) is 0 Å². The minimum absolute atomic E-state index is 0. The Balaban J connectivity index is 0.00000380. The molecule has 2 aliphatic heterocycles. The van der Waals surface area contributed by atoms with E-state index < -0.39 is 51.1 Å². The zero-order chi connectivity index (χ0) is 26.5. The predicted octanol–water partition coefficient (Wildman–Crippen LogP) is 4.52. The van der Waals surface area contributed by atoms with E-state index in [1.807, 2.05) is 52.0 Å². The zero-order valence-corrected chi connectivity index (χ0v) is 22.6. The number of hydrogen-bond donors (Lipinski definition) is 1. The number of sulfonamides is 1. The van der Waals surface area contributed by atoms with Crippen LogP contribution in [0.1, 0.15) is 73.1 Å². The van der Waals surface area contributed by atoms with Crippen LogP contribution in [0, 0.1) is 5.82 Å². The van der Waals surface area contributed by atoms with E-state index in [1.165, 1.54) is 6.07 Å². The van der Waals surface area contributed by atoms with Crippen LogP contribution >= 0.6 is 0 Å². The number of amidine groups is 1. The van der Waals surface area contributed by atoms with Gasteiger partial charge in [0.15, 0.2) is 0 Å². The summed E-state index contributed by atoms with van der Waals surface area (Å²) in [6.07, 6.45) is 0.238. The number of ether oxygens (including phenoxy) is 1. The standard InChI is InChI=1S/C26H34BFN2O5S.CH4/c1-17(20-10-8-9-11-21(20)28)29-23-30-36(31,32)22(24(2,3)33-23)16-18-12-14-19(15-13-18)27-34-25(4,5)26(6,7)35-27;/h8-15,17,22H,16H2,1-7H3,(H,29,30);1H4/t17-,22?;/m0./s1. The van der Waals surface area contributed by atoms with Crippen molar-refractivity contribution in [1.82, 2.24) is 4.72 Å². The highest BCUT2D eigenvalue weighted by Crippen LogP contribution is 2.36. The third-order valence-electron chi connectivity index (χ3n) is 7.33. The highest BCUT2D eigenvalue weighted by molar-refractivity contribution is 7.90. The monoisotopic (exact) mass is 532 g/mol. The first-order valence-electron chi connectivity index (χ1n) is 12.1. The molecule has 7 nitrogen and oxygen atoms in total. The first-order valence-corrected chi connectivity index (χ1v) is 13.6. The molecule has 2 fully saturated rings. The molecule has 2 atom stereocenters. The normalized spacial score (nSPS) is 25.0. The molecule has 2 aromatic carbocycles. The van der Waals surface area contributed by atoms with E-state index >= 15 is 0 Å². The van der Waals surface area contributed by atoms with Gasteiger partial charge in [0.1, 0.15) is 16.7 Å². The number of nitrogens with one attached hydrogen (secondary N) is 1. The van der Waals surface area contributed by atoms with Crippen molar-refractivity contribution >= 4 is 28.6 Å². The Morgan fingerprint density at radius 1 is 1.00 bits per heavy atom. The van der Waals surface area contributed by atoms with Crippen molar-refractivity contribution in [2.24, 2.45) is 4.99 Å². The van der Waals surface area contributed by atoms with Crippen molar-refractivity contribution < 1.29 is 26.9 Å². The Bertz CT molecular complexity index is 1250. The van der Waals surface area contributed by atoms with Crippen molar-refractivity contribution in [2.45, 2.75) is 90.4 Å². The summed E-state index contributed by atoms with van der Waals surface area (Å²) in [5.41, 5.74) is 0.110. The number of benzene rings is 2. The fourth-order valence-electron chi connectivity index (χ4n) is 4.37. The zero-order valence-electron chi connectivity index (χ0n) is 21.8. The van der Waals surface area contributed by atoms with E-state index in [9.17, 15) is 12.8 Å². The van der Waals surface area contributed by atoms with E-state index in [1.54, 1.807) is 39.0 Å². The maximum Gasteiger partial charge on any atom is 0.494 e. The maximum atomic E-state index is 14.1. The molecule has 4 rings (SSSR count). The Kier molecular flexibility index (Phi) is 7.90. The molecule has 1 N–H and O–H groups in total. The predicted molar refractivity (Wildman–Crippen MR) is 146 cm³/mol. The second-order valence-electron chi connectivity index (χ2n) is 11.0. The first kappa shape index (κ1) is 29.1. The number of rotatable bonds is 5. The molecule has 2 aliphatic rings. The number of hydrogen-bond acceptors (Lipinski definition) is 6. The third kappa shape index (κ3) is 5.86. The molecule has 0 bridgehead atoms. The Morgan fingerprint density at radius 2 is 1.57 bits per heavy atom. The van der Waals surface area contributed by atoms with Gasteiger partial charge < -0.3 is 14.0 Å². The van der Waals surface area contributed by atoms with Crippen molar-refractivity contribution in [3.05, 3.63) is 65.5 Å². The van der Waals surface area contributed by atoms with Crippen LogP contribution in [0.2, 0.25) is 0 Å². The van der Waals surface area contributed by atoms with Crippen molar-refractivity contribution in [1.29, 1.82) is 0 Å². The SMILES string of the molecule is C.C[C@H](N=C1NS(=O)(=O)C(Cc2ccc(B3OC(C)(C)C(C)(C)O3)cc2)C(C)(C)O1)c1ccccc1F. The summed E-state index contributed by atoms with van der Waals surface area (Å²) in [6, 6.07) is 13.1. The topological polar surface area (TPSA) is 86.2 Å². The van der Waals surface area contributed by atoms with Gasteiger partial charge in [-0.05, 0) is 72.0 Å². The van der Waals surface area contributed by atoms with Gasteiger partial charge in [0.05, 0.1) is 17.2 Å². The molecule has 202 valence electrons. The molecular weight excluding hydrogens is 494 g/mol. The summed E-state index contributed by atoms with van der Waals surface area (Å²) in [5, 5.41) is -0.865. The molecule has 37 heavy (non-hydrogen) atoms. The lowest BCUT2D eigenvalue weighted by atomic mass is 9.78. The van der Waals surface area contributed by atoms with E-state index in [-0.39, 0.29) is 19.9 Å². The van der Waals surface area contributed by atoms with Gasteiger partial charge in [0, 0.05) is 5.56 Å². The highest BCUT2D eigenvalue weighted by Gasteiger charge is 2.52. The van der Waals surface area contributed by atoms with E-state index in [4.69, 9.17) is 14.0 Å². The molecule has 0 amide bonds. The molecule has 0 radical (unpaired) electrons. The van der Waals surface area contributed by atoms with Crippen LogP contribution in [0.4, 0.5) is 4.39 Å². The maximum absolute atomic E-state index is 14.1. The average Bonchev–Trinajstić information content (AvgIpc) is 2.98. The number of halogens is 1. The van der Waals surface area contributed by atoms with Crippen LogP contribution in [0.3, 0.4) is 0 Å². The molecule has 1 unspecified atom stereocenters. The van der Waals surface area contributed by atoms with Gasteiger partial charge in [-0.15, -0.1) is 0 Å². The number of nitrogens with zero attached hydrogens (tertiary/aromatic N) is 1. The largest absolute Gasteiger partial charge is 0.494 e. The fourth-order valence-corrected chi connectivity index (χ4v) is 6.06. The highest BCUT2D eigenvalue weighted by atomic mass is 32.2. The third-order valence-corrected chi connectivity index (χ3v) is 9.27. The Morgan fingerprint density at radius 3 is 2.11 bits per heavy atom. The summed E-state index contributed by atoms with van der Waals surface area (Å²) in [5.74, 6) is -0.408. The lowest BCUT2D eigenvalue weighted by Crippen LogP contribution is -2.59. The summed E-state index contributed by atoms with van der Waals surface area (Å²) >= 11 is 0. The second kappa shape index (κ2) is 10.0. The summed E-state index contributed by atoms with van der Waals surface area (Å²) < 4.78 is 61.2. The van der Waals surface area contributed by atoms with Gasteiger partial charge in [-0.25, -0.2) is 22.5 Å². The molecule has 0 aromatic heterocycles. The molecule has 0 spiro atoms. The minimum Gasteiger partial charge on any atom is -0.457 e. The van der Waals surface area contributed by atoms with Gasteiger partial charge in [0.25, 0.3) is 6.02 Å². The van der Waals surface area contributed by atoms with Crippen LogP contribution in [0.5, 0.6) is 0 Å². The van der Waals surface area contributed by atoms with E-state index in [0.717, 1.165) is 11.0 Å². The van der Waals surface area contributed by atoms with Crippen LogP contribution < -0.4 is 10.2 Å². The summed E-state index contributed by atoms with van der Waals surface area (Å²) in [6.45, 7) is 13.1. The van der Waals surface area contributed by atoms with Gasteiger partial charge in [0.2, 0.25) is 10.0 Å². The first-order chi connectivity index (χ1) is 16.6. The minimum atomic E-state index is -3.82. The molecule has 10 heteroatoms. The number of aliphatic imine (C=N–C) groups is 1. The molecule has 2 aromatic rings. The molecule has 0 saturated carbocycles. The van der Waals surface area contributed by atoms with Gasteiger partial charge >= 0.3 is 7.12 Å². The summed E-state index contributed by atoms with van der Waals surface area (Å²) in [4.78, 5) is 4.32. The second-order valence-corrected chi connectivity index (χ2v) is 12.9. The smallest absolute Gasteiger partial charge is 0.457 e. The molecular formula is C27H38BFN2O5S. The Hall–Kier alpha value is -2.43. The molecule has 2 saturated heterocycles. The fraction of sp³-hybridized carbons (Fsp3) is 0.519. The lowest BCUT2D eigenvalue weighted by Gasteiger charge is -2.39. The average molecular weight is 532 g/mol. The summed E-state index contributed by atoms with van der Waals surface area (Å²) in [7, 11) is -4.31. The van der Waals surface area contributed by atoms with Crippen molar-refractivity contribution in [2.75, 3.05) is 0 Å². The van der Waals surface area contributed by atoms with Crippen LogP contribution in [-0.4, -0.2) is 43.6 Å². The molecule has 0 aliphatic carbocycles. The van der Waals surface area contributed by atoms with E-state index in [2.05, 4.69) is 9.71 Å². The van der Waals surface area contributed by atoms with E-state index in [0.29, 0.717) is 5.56 Å². The Labute approximate surface area is 221 Å². The molecule has 2 heterocycles. The van der Waals surface area contributed by atoms with Gasteiger partial charge in [-0.3, -0.25) is 0 Å². The van der Waals surface area contributed by atoms with Crippen LogP contribution in [-0.2, 0) is 30.5 Å². The lowest BCUT2D eigenvalue weighted by molar-refractivity contribution is 0.00578. The van der Waals surface area contributed by atoms with Crippen molar-refractivity contribution in [3.63, 3.8) is 0 Å². The van der Waals surface area contributed by atoms with Crippen molar-refractivity contribution in [3.8, 4) is 0 Å². The quantitative estimate of drug-likeness (QED) is 0.573. The van der Waals surface area contributed by atoms with Gasteiger partial charge in [-0.1, -0.05) is 49.9 Å².